The van der Waals surface area contributed by atoms with Crippen LogP contribution in [0.25, 0.3) is 33.6 Å². The third kappa shape index (κ3) is 7.10. The van der Waals surface area contributed by atoms with Crippen molar-refractivity contribution in [2.75, 3.05) is 27.3 Å². The Kier molecular flexibility index (Phi) is 10.6. The molecule has 2 aromatic carbocycles. The van der Waals surface area contributed by atoms with Crippen molar-refractivity contribution in [1.82, 2.24) is 45.3 Å². The highest BCUT2D eigenvalue weighted by molar-refractivity contribution is 5.88. The number of nitrogens with one attached hydrogen (secondary N) is 4. The highest BCUT2D eigenvalue weighted by Gasteiger charge is 2.66. The van der Waals surface area contributed by atoms with E-state index in [9.17, 15) is 19.2 Å². The van der Waals surface area contributed by atoms with E-state index in [4.69, 9.17) is 19.4 Å². The fraction of sp³-hybridized carbons (Fsp3) is 0.458. The average Bonchev–Trinajstić information content (AvgIpc) is 4.10. The summed E-state index contributed by atoms with van der Waals surface area (Å²) in [6.07, 6.45) is 8.75. The molecule has 5 aliphatic rings. The van der Waals surface area contributed by atoms with E-state index in [1.165, 1.54) is 30.9 Å². The van der Waals surface area contributed by atoms with Crippen molar-refractivity contribution in [3.63, 3.8) is 0 Å². The Morgan fingerprint density at radius 1 is 0.683 bits per heavy atom. The molecule has 0 radical (unpaired) electrons. The van der Waals surface area contributed by atoms with Crippen LogP contribution in [0.3, 0.4) is 0 Å². The maximum atomic E-state index is 13.9. The average molecular weight is 856 g/mol. The summed E-state index contributed by atoms with van der Waals surface area (Å²) >= 11 is 0. The quantitative estimate of drug-likeness (QED) is 0.111. The van der Waals surface area contributed by atoms with Crippen LogP contribution in [0.2, 0.25) is 0 Å². The molecule has 330 valence electrons. The van der Waals surface area contributed by atoms with Gasteiger partial charge >= 0.3 is 12.2 Å². The molecule has 0 bridgehead atoms. The van der Waals surface area contributed by atoms with E-state index in [1.54, 1.807) is 9.80 Å². The number of nitrogens with zero attached hydrogens (tertiary/aromatic N) is 5. The third-order valence-electron chi connectivity index (χ3n) is 13.8. The molecule has 2 fully saturated rings. The number of carbonyl (C=O) groups excluding carboxylic acids is 4. The zero-order valence-electron chi connectivity index (χ0n) is 37.4. The largest absolute Gasteiger partial charge is 0.453 e. The Labute approximate surface area is 367 Å². The van der Waals surface area contributed by atoms with Gasteiger partial charge in [-0.05, 0) is 73.3 Å². The van der Waals surface area contributed by atoms with E-state index in [0.717, 1.165) is 52.1 Å². The summed E-state index contributed by atoms with van der Waals surface area (Å²) in [5, 5.41) is 5.44. The molecule has 2 aromatic heterocycles. The number of carbonyl (C=O) groups is 4. The summed E-state index contributed by atoms with van der Waals surface area (Å²) in [5.41, 5.74) is 11.2. The lowest BCUT2D eigenvalue weighted by Crippen LogP contribution is -2.66. The molecule has 2 saturated heterocycles. The minimum Gasteiger partial charge on any atom is -0.453 e. The summed E-state index contributed by atoms with van der Waals surface area (Å²) in [4.78, 5) is 75.0. The van der Waals surface area contributed by atoms with Gasteiger partial charge in [0.2, 0.25) is 11.8 Å². The zero-order valence-corrected chi connectivity index (χ0v) is 37.4. The second kappa shape index (κ2) is 15.8. The van der Waals surface area contributed by atoms with Gasteiger partial charge in [-0.3, -0.25) is 14.5 Å². The molecule has 4 aromatic rings. The molecule has 9 rings (SSSR count). The van der Waals surface area contributed by atoms with Gasteiger partial charge < -0.3 is 39.9 Å². The molecule has 3 unspecified atom stereocenters. The topological polar surface area (TPSA) is 178 Å². The first kappa shape index (κ1) is 42.1. The molecule has 0 aliphatic carbocycles. The number of imidazole rings is 2. The predicted octanol–water partition coefficient (Wildman–Crippen LogP) is 7.52. The first-order chi connectivity index (χ1) is 30.1. The third-order valence-corrected chi connectivity index (χ3v) is 13.8. The van der Waals surface area contributed by atoms with Crippen molar-refractivity contribution in [3.05, 3.63) is 94.9 Å². The fourth-order valence-electron chi connectivity index (χ4n) is 10.7. The Balaban J connectivity index is 0.980. The SMILES string of the molecule is COC(=O)N[C@H](C(=O)N1CC(C)=C[C@H]1c1ncc(-c2ccc(-c3ccc(-c4cnc([C@@H]5C=C(C)CN5C(=O)[C@@H](NC(=O)OC)C(C)C)[nH]4)c4c3C3CC5(C)CC4N35)cc2)[nH]1)C(C)C. The molecule has 4 N–H and O–H groups in total. The van der Waals surface area contributed by atoms with Gasteiger partial charge in [-0.25, -0.2) is 19.6 Å². The Morgan fingerprint density at radius 2 is 1.13 bits per heavy atom. The van der Waals surface area contributed by atoms with E-state index >= 15 is 0 Å². The molecule has 7 atom stereocenters. The van der Waals surface area contributed by atoms with Crippen molar-refractivity contribution in [1.29, 1.82) is 0 Å². The van der Waals surface area contributed by atoms with Crippen molar-refractivity contribution in [3.8, 4) is 33.6 Å². The van der Waals surface area contributed by atoms with Crippen LogP contribution in [-0.4, -0.2) is 104 Å². The second-order valence-electron chi connectivity index (χ2n) is 18.8. The standard InChI is InChI=1S/C48H57N9O6/c1-24(2)40(53-46(60)62-8)44(58)55-22-26(5)16-34(55)42-49-20-32(51-42)29-12-10-28(11-13-29)30-14-15-31(39-37-19-48(7)18-36(38(30)39)57(37)48)33-21-50-43(52-33)35-17-27(6)23-56(35)45(59)41(25(3)4)54-47(61)63-9/h10-17,20-21,24-25,34-37,40-41H,18-19,22-23H2,1-9H3,(H,49,51)(H,50,52)(H,53,60)(H,54,61)/t34-,35-,36?,37?,40-,41-,48?/m0/s1. The lowest BCUT2D eigenvalue weighted by atomic mass is 9.68. The summed E-state index contributed by atoms with van der Waals surface area (Å²) in [5.74, 6) is 0.679. The number of H-pyrrole nitrogens is 2. The fourth-order valence-corrected chi connectivity index (χ4v) is 10.7. The van der Waals surface area contributed by atoms with E-state index < -0.39 is 36.4 Å². The number of hydrogen-bond acceptors (Lipinski definition) is 9. The number of benzene rings is 2. The Bertz CT molecular complexity index is 2550. The van der Waals surface area contributed by atoms with Crippen LogP contribution < -0.4 is 10.6 Å². The van der Waals surface area contributed by atoms with Crippen LogP contribution >= 0.6 is 0 Å². The number of amides is 4. The molecule has 0 saturated carbocycles. The van der Waals surface area contributed by atoms with Gasteiger partial charge in [0.15, 0.2) is 0 Å². The summed E-state index contributed by atoms with van der Waals surface area (Å²) in [7, 11) is 2.59. The lowest BCUT2D eigenvalue weighted by molar-refractivity contribution is -0.177. The minimum absolute atomic E-state index is 0.141. The highest BCUT2D eigenvalue weighted by atomic mass is 16.5. The van der Waals surface area contributed by atoms with E-state index in [0.29, 0.717) is 36.8 Å². The van der Waals surface area contributed by atoms with Crippen molar-refractivity contribution >= 4 is 24.0 Å². The first-order valence-corrected chi connectivity index (χ1v) is 21.9. The molecule has 15 heteroatoms. The van der Waals surface area contributed by atoms with Gasteiger partial charge in [0.1, 0.15) is 35.8 Å². The first-order valence-electron chi connectivity index (χ1n) is 21.9. The monoisotopic (exact) mass is 855 g/mol. The van der Waals surface area contributed by atoms with Crippen LogP contribution in [-0.2, 0) is 19.1 Å². The molecule has 5 aliphatic heterocycles. The summed E-state index contributed by atoms with van der Waals surface area (Å²) < 4.78 is 9.63. The number of hydrogen-bond donors (Lipinski definition) is 4. The molecular weight excluding hydrogens is 799 g/mol. The number of methoxy groups -OCH3 is 2. The van der Waals surface area contributed by atoms with Crippen molar-refractivity contribution in [2.45, 2.75) is 103 Å². The minimum atomic E-state index is -0.739. The Morgan fingerprint density at radius 3 is 1.60 bits per heavy atom. The van der Waals surface area contributed by atoms with Gasteiger partial charge in [-0.1, -0.05) is 87.4 Å². The number of alkyl carbamates (subject to hydrolysis) is 2. The summed E-state index contributed by atoms with van der Waals surface area (Å²) in [6, 6.07) is 11.4. The van der Waals surface area contributed by atoms with E-state index in [1.807, 2.05) is 60.0 Å². The number of aromatic amines is 2. The van der Waals surface area contributed by atoms with Crippen molar-refractivity contribution < 1.29 is 28.7 Å². The molecule has 15 nitrogen and oxygen atoms in total. The highest BCUT2D eigenvalue weighted by Crippen LogP contribution is 2.71. The van der Waals surface area contributed by atoms with Crippen LogP contribution in [0.1, 0.15) is 108 Å². The second-order valence-corrected chi connectivity index (χ2v) is 18.8. The smallest absolute Gasteiger partial charge is 0.407 e. The van der Waals surface area contributed by atoms with Gasteiger partial charge in [-0.2, -0.15) is 0 Å². The van der Waals surface area contributed by atoms with E-state index in [-0.39, 0.29) is 29.2 Å². The molecule has 4 amide bonds. The van der Waals surface area contributed by atoms with Gasteiger partial charge in [-0.15, -0.1) is 0 Å². The lowest BCUT2D eigenvalue weighted by Gasteiger charge is -2.65. The number of fused-ring (bicyclic) bond motifs is 3. The number of aromatic nitrogens is 4. The van der Waals surface area contributed by atoms with E-state index in [2.05, 4.69) is 74.9 Å². The zero-order chi connectivity index (χ0) is 44.6. The number of rotatable bonds is 11. The van der Waals surface area contributed by atoms with Crippen LogP contribution in [0, 0.1) is 11.8 Å². The maximum absolute atomic E-state index is 13.9. The normalized spacial score (nSPS) is 24.2. The Hall–Kier alpha value is -6.22. The maximum Gasteiger partial charge on any atom is 0.407 e. The van der Waals surface area contributed by atoms with Crippen LogP contribution in [0.5, 0.6) is 0 Å². The van der Waals surface area contributed by atoms with Gasteiger partial charge in [0.25, 0.3) is 0 Å². The molecular formula is C48H57N9O6. The molecule has 63 heavy (non-hydrogen) atoms. The van der Waals surface area contributed by atoms with Crippen LogP contribution in [0.4, 0.5) is 9.59 Å². The van der Waals surface area contributed by atoms with Gasteiger partial charge in [0.05, 0.1) is 38.0 Å². The van der Waals surface area contributed by atoms with Crippen molar-refractivity contribution in [2.24, 2.45) is 11.8 Å². The van der Waals surface area contributed by atoms with Gasteiger partial charge in [0, 0.05) is 36.3 Å². The molecule has 0 spiro atoms. The number of piperidine rings is 1. The molecule has 7 heterocycles. The van der Waals surface area contributed by atoms with Crippen LogP contribution in [0.15, 0.2) is 72.1 Å². The predicted molar refractivity (Wildman–Crippen MR) is 237 cm³/mol. The number of ether oxygens (including phenoxy) is 2. The summed E-state index contributed by atoms with van der Waals surface area (Å²) in [6.45, 7) is 14.9.